The molecule has 0 saturated carbocycles. The van der Waals surface area contributed by atoms with Crippen LogP contribution < -0.4 is 0 Å². The van der Waals surface area contributed by atoms with Crippen molar-refractivity contribution in [2.45, 2.75) is 13.8 Å². The molecule has 0 saturated heterocycles. The van der Waals surface area contributed by atoms with Crippen LogP contribution in [0.4, 0.5) is 5.69 Å². The standard InChI is InChI=1S/C7H4BrNO4.C2H6/c8-6-4(7(10)11)2-1-3-5(6)9(12)13;1-2/h1-3H,(H,10,11);1-2H3. The van der Waals surface area contributed by atoms with Gasteiger partial charge in [0, 0.05) is 6.07 Å². The van der Waals surface area contributed by atoms with Crippen molar-refractivity contribution in [2.75, 3.05) is 0 Å². The highest BCUT2D eigenvalue weighted by Crippen LogP contribution is 2.27. The largest absolute Gasteiger partial charge is 0.478 e. The summed E-state index contributed by atoms with van der Waals surface area (Å²) in [7, 11) is 0. The van der Waals surface area contributed by atoms with E-state index < -0.39 is 10.9 Å². The van der Waals surface area contributed by atoms with E-state index in [1.165, 1.54) is 18.2 Å². The minimum absolute atomic E-state index is 0.00694. The predicted octanol–water partition coefficient (Wildman–Crippen LogP) is 3.08. The monoisotopic (exact) mass is 275 g/mol. The van der Waals surface area contributed by atoms with Gasteiger partial charge in [0.15, 0.2) is 0 Å². The number of carbonyl (C=O) groups is 1. The Morgan fingerprint density at radius 2 is 2.00 bits per heavy atom. The lowest BCUT2D eigenvalue weighted by molar-refractivity contribution is -0.385. The molecule has 0 atom stereocenters. The lowest BCUT2D eigenvalue weighted by atomic mass is 10.2. The molecule has 1 aromatic carbocycles. The smallest absolute Gasteiger partial charge is 0.337 e. The number of hydrogen-bond acceptors (Lipinski definition) is 3. The molecule has 0 heterocycles. The maximum atomic E-state index is 10.5. The van der Waals surface area contributed by atoms with E-state index in [9.17, 15) is 14.9 Å². The molecule has 5 nitrogen and oxygen atoms in total. The molecule has 0 bridgehead atoms. The second kappa shape index (κ2) is 6.13. The SMILES string of the molecule is CC.O=C(O)c1cccc([N+](=O)[O-])c1Br. The molecule has 0 unspecified atom stereocenters. The Hall–Kier alpha value is -1.43. The van der Waals surface area contributed by atoms with Crippen LogP contribution in [-0.4, -0.2) is 16.0 Å². The molecule has 0 aromatic heterocycles. The lowest BCUT2D eigenvalue weighted by Gasteiger charge is -1.98. The van der Waals surface area contributed by atoms with Gasteiger partial charge in [-0.05, 0) is 22.0 Å². The Balaban J connectivity index is 0.000000921. The molecule has 0 radical (unpaired) electrons. The van der Waals surface area contributed by atoms with Crippen molar-refractivity contribution in [1.29, 1.82) is 0 Å². The summed E-state index contributed by atoms with van der Waals surface area (Å²) in [5, 5.41) is 19.0. The highest BCUT2D eigenvalue weighted by molar-refractivity contribution is 9.10. The topological polar surface area (TPSA) is 80.4 Å². The minimum Gasteiger partial charge on any atom is -0.478 e. The number of hydrogen-bond donors (Lipinski definition) is 1. The fraction of sp³-hybridized carbons (Fsp3) is 0.222. The fourth-order valence-corrected chi connectivity index (χ4v) is 1.40. The summed E-state index contributed by atoms with van der Waals surface area (Å²) >= 11 is 2.86. The quantitative estimate of drug-likeness (QED) is 0.664. The Morgan fingerprint density at radius 1 is 1.47 bits per heavy atom. The van der Waals surface area contributed by atoms with Gasteiger partial charge in [-0.2, -0.15) is 0 Å². The zero-order chi connectivity index (χ0) is 12.0. The molecule has 0 amide bonds. The first-order valence-electron chi connectivity index (χ1n) is 4.20. The van der Waals surface area contributed by atoms with Gasteiger partial charge in [-0.25, -0.2) is 4.79 Å². The van der Waals surface area contributed by atoms with Gasteiger partial charge >= 0.3 is 5.97 Å². The molecule has 1 rings (SSSR count). The van der Waals surface area contributed by atoms with E-state index in [-0.39, 0.29) is 15.7 Å². The van der Waals surface area contributed by atoms with Gasteiger partial charge in [0.1, 0.15) is 4.47 Å². The van der Waals surface area contributed by atoms with Gasteiger partial charge in [-0.15, -0.1) is 0 Å². The number of rotatable bonds is 2. The van der Waals surface area contributed by atoms with Crippen LogP contribution in [-0.2, 0) is 0 Å². The highest BCUT2D eigenvalue weighted by Gasteiger charge is 2.18. The molecular weight excluding hydrogens is 266 g/mol. The number of aromatic carboxylic acids is 1. The van der Waals surface area contributed by atoms with Crippen LogP contribution in [0.3, 0.4) is 0 Å². The predicted molar refractivity (Wildman–Crippen MR) is 59.1 cm³/mol. The minimum atomic E-state index is -1.20. The summed E-state index contributed by atoms with van der Waals surface area (Å²) in [4.78, 5) is 20.3. The van der Waals surface area contributed by atoms with Crippen LogP contribution in [0.15, 0.2) is 22.7 Å². The van der Waals surface area contributed by atoms with Gasteiger partial charge in [-0.1, -0.05) is 19.9 Å². The summed E-state index contributed by atoms with van der Waals surface area (Å²) in [6.07, 6.45) is 0. The van der Waals surface area contributed by atoms with Gasteiger partial charge in [0.05, 0.1) is 10.5 Å². The van der Waals surface area contributed by atoms with Crippen LogP contribution in [0, 0.1) is 10.1 Å². The molecule has 0 aliphatic heterocycles. The summed E-state index contributed by atoms with van der Waals surface area (Å²) in [5.74, 6) is -1.20. The molecule has 0 spiro atoms. The van der Waals surface area contributed by atoms with Crippen molar-refractivity contribution in [3.63, 3.8) is 0 Å². The van der Waals surface area contributed by atoms with E-state index in [4.69, 9.17) is 5.11 Å². The summed E-state index contributed by atoms with van der Waals surface area (Å²) in [6, 6.07) is 3.85. The third kappa shape index (κ3) is 3.32. The first-order valence-corrected chi connectivity index (χ1v) is 4.99. The molecule has 15 heavy (non-hydrogen) atoms. The zero-order valence-corrected chi connectivity index (χ0v) is 9.82. The molecule has 0 aliphatic rings. The average molecular weight is 276 g/mol. The Bertz CT molecular complexity index is 346. The van der Waals surface area contributed by atoms with Gasteiger partial charge in [0.25, 0.3) is 5.69 Å². The van der Waals surface area contributed by atoms with E-state index in [1.807, 2.05) is 13.8 Å². The number of benzene rings is 1. The van der Waals surface area contributed by atoms with Gasteiger partial charge in [-0.3, -0.25) is 10.1 Å². The second-order valence-corrected chi connectivity index (χ2v) is 2.99. The van der Waals surface area contributed by atoms with Crippen LogP contribution >= 0.6 is 15.9 Å². The third-order valence-corrected chi connectivity index (χ3v) is 2.24. The van der Waals surface area contributed by atoms with E-state index in [0.29, 0.717) is 0 Å². The maximum Gasteiger partial charge on any atom is 0.337 e. The molecule has 0 fully saturated rings. The number of nitrogens with zero attached hydrogens (tertiary/aromatic N) is 1. The maximum absolute atomic E-state index is 10.5. The molecule has 1 aromatic rings. The fourth-order valence-electron chi connectivity index (χ4n) is 0.826. The number of halogens is 1. The van der Waals surface area contributed by atoms with Crippen molar-refractivity contribution in [1.82, 2.24) is 0 Å². The van der Waals surface area contributed by atoms with Crippen LogP contribution in [0.2, 0.25) is 0 Å². The molecule has 0 aliphatic carbocycles. The zero-order valence-electron chi connectivity index (χ0n) is 8.23. The van der Waals surface area contributed by atoms with Gasteiger partial charge < -0.3 is 5.11 Å². The summed E-state index contributed by atoms with van der Waals surface area (Å²) in [6.45, 7) is 4.00. The summed E-state index contributed by atoms with van der Waals surface area (Å²) < 4.78 is -0.00694. The van der Waals surface area contributed by atoms with E-state index >= 15 is 0 Å². The van der Waals surface area contributed by atoms with Crippen molar-refractivity contribution in [2.24, 2.45) is 0 Å². The summed E-state index contributed by atoms with van der Waals surface area (Å²) in [5.41, 5.74) is -0.367. The van der Waals surface area contributed by atoms with E-state index in [0.717, 1.165) is 0 Å². The number of carboxylic acids is 1. The number of nitro benzene ring substituents is 1. The Kier molecular flexibility index (Phi) is 5.54. The van der Waals surface area contributed by atoms with Crippen molar-refractivity contribution >= 4 is 27.6 Å². The third-order valence-electron chi connectivity index (χ3n) is 1.41. The normalized spacial score (nSPS) is 8.73. The second-order valence-electron chi connectivity index (χ2n) is 2.20. The van der Waals surface area contributed by atoms with Crippen LogP contribution in [0.25, 0.3) is 0 Å². The van der Waals surface area contributed by atoms with E-state index in [2.05, 4.69) is 15.9 Å². The van der Waals surface area contributed by atoms with Crippen molar-refractivity contribution in [3.8, 4) is 0 Å². The molecule has 1 N–H and O–H groups in total. The Morgan fingerprint density at radius 3 is 2.40 bits per heavy atom. The molecular formula is C9H10BrNO4. The lowest BCUT2D eigenvalue weighted by Crippen LogP contribution is -2.00. The van der Waals surface area contributed by atoms with Crippen LogP contribution in [0.1, 0.15) is 24.2 Å². The number of carboxylic acid groups (broad SMARTS) is 1. The van der Waals surface area contributed by atoms with Crippen molar-refractivity contribution < 1.29 is 14.8 Å². The average Bonchev–Trinajstić information content (AvgIpc) is 2.20. The number of nitro groups is 1. The van der Waals surface area contributed by atoms with Crippen LogP contribution in [0.5, 0.6) is 0 Å². The van der Waals surface area contributed by atoms with Crippen molar-refractivity contribution in [3.05, 3.63) is 38.3 Å². The highest BCUT2D eigenvalue weighted by atomic mass is 79.9. The van der Waals surface area contributed by atoms with E-state index in [1.54, 1.807) is 0 Å². The first kappa shape index (κ1) is 13.6. The van der Waals surface area contributed by atoms with Gasteiger partial charge in [0.2, 0.25) is 0 Å². The molecule has 82 valence electrons. The first-order chi connectivity index (χ1) is 7.04. The Labute approximate surface area is 95.0 Å². The molecule has 6 heteroatoms.